The largest absolute Gasteiger partial charge is 0.507 e. The highest BCUT2D eigenvalue weighted by molar-refractivity contribution is 6.20. The second kappa shape index (κ2) is 15.3. The zero-order chi connectivity index (χ0) is 41.0. The molecule has 0 saturated carbocycles. The molecule has 56 heavy (non-hydrogen) atoms. The number of Topliss-reactive ketones (excluding diaryl/α,β-unsaturated/α-hetero) is 2. The number of ether oxygens (including phenoxy) is 4. The number of esters is 1. The number of amidine groups is 1. The van der Waals surface area contributed by atoms with Crippen LogP contribution in [0.1, 0.15) is 87.7 Å². The summed E-state index contributed by atoms with van der Waals surface area (Å²) in [6.07, 6.45) is 9.15. The van der Waals surface area contributed by atoms with Crippen molar-refractivity contribution in [2.24, 2.45) is 28.7 Å². The second-order valence-corrected chi connectivity index (χ2v) is 15.3. The van der Waals surface area contributed by atoms with Crippen LogP contribution in [-0.4, -0.2) is 86.8 Å². The number of allylic oxidation sites excluding steroid dienone is 5. The zero-order valence-electron chi connectivity index (χ0n) is 32.9. The van der Waals surface area contributed by atoms with E-state index in [1.165, 1.54) is 45.4 Å². The van der Waals surface area contributed by atoms with Gasteiger partial charge in [-0.05, 0) is 37.6 Å². The number of phenols is 1. The topological polar surface area (TPSA) is 194 Å². The lowest BCUT2D eigenvalue weighted by molar-refractivity contribution is -0.160. The molecule has 5 bridgehead atoms. The molecule has 0 radical (unpaired) electrons. The number of methoxy groups -OCH3 is 1. The minimum Gasteiger partial charge on any atom is -0.507 e. The molecule has 1 unspecified atom stereocenters. The third-order valence-electron chi connectivity index (χ3n) is 11.3. The van der Waals surface area contributed by atoms with Crippen LogP contribution >= 0.6 is 0 Å². The number of rotatable bonds is 2. The van der Waals surface area contributed by atoms with Crippen LogP contribution in [-0.2, 0) is 23.8 Å². The predicted octanol–water partition coefficient (Wildman–Crippen LogP) is 4.70. The Labute approximate surface area is 325 Å². The van der Waals surface area contributed by atoms with Gasteiger partial charge < -0.3 is 44.5 Å². The summed E-state index contributed by atoms with van der Waals surface area (Å²) in [7, 11) is 1.45. The van der Waals surface area contributed by atoms with Gasteiger partial charge in [-0.25, -0.2) is 0 Å². The molecule has 0 fully saturated rings. The Morgan fingerprint density at radius 3 is 2.41 bits per heavy atom. The van der Waals surface area contributed by atoms with Gasteiger partial charge in [0.1, 0.15) is 35.2 Å². The molecule has 0 aromatic heterocycles. The van der Waals surface area contributed by atoms with E-state index in [-0.39, 0.29) is 39.4 Å². The van der Waals surface area contributed by atoms with Gasteiger partial charge in [0.25, 0.3) is 11.7 Å². The first-order valence-corrected chi connectivity index (χ1v) is 18.6. The van der Waals surface area contributed by atoms with Crippen molar-refractivity contribution in [3.8, 4) is 11.5 Å². The Morgan fingerprint density at radius 1 is 1.02 bits per heavy atom. The summed E-state index contributed by atoms with van der Waals surface area (Å²) in [5.41, 5.74) is 1.19. The van der Waals surface area contributed by atoms with E-state index in [1.807, 2.05) is 13.0 Å². The summed E-state index contributed by atoms with van der Waals surface area (Å²) in [5.74, 6) is -6.93. The number of aliphatic hydroxyl groups excluding tert-OH is 2. The van der Waals surface area contributed by atoms with Crippen LogP contribution in [0.15, 0.2) is 82.5 Å². The third-order valence-corrected chi connectivity index (χ3v) is 11.3. The summed E-state index contributed by atoms with van der Waals surface area (Å²) in [4.78, 5) is 61.4. The monoisotopic (exact) mass is 771 g/mol. The molecule has 0 spiro atoms. The lowest BCUT2D eigenvalue weighted by Crippen LogP contribution is -2.46. The molecule has 4 aliphatic heterocycles. The standard InChI is InChI=1S/C42H49N3O11/c1-19-13-15-45-29(17-19)43-33-32-30-26(47)18-28-31(32)40(51)42(8,56-28)54-16-14-27(53-9)22(4)39(55-25(7)46)24(6)37(49)23(5)36(48)20(2)11-10-12-21(3)41(52)44-34(35(33)45)38(30)50/h10-18,20,22-24,27,33,36-37,39,47-49H,1-9H3,(H,44,52)/b11-10+,16-14+,21-12-/t20-,22+,23+,24+,27-,33?,36-,37+,39+,42-/m0/s1. The van der Waals surface area contributed by atoms with Crippen LogP contribution in [0.3, 0.4) is 0 Å². The van der Waals surface area contributed by atoms with E-state index < -0.39 is 89.1 Å². The summed E-state index contributed by atoms with van der Waals surface area (Å²) in [5, 5.41) is 37.0. The first-order valence-electron chi connectivity index (χ1n) is 18.6. The number of carbonyl (C=O) groups excluding carboxylic acids is 4. The molecule has 1 aromatic rings. The fourth-order valence-corrected chi connectivity index (χ4v) is 8.01. The smallest absolute Gasteiger partial charge is 0.312 e. The van der Waals surface area contributed by atoms with Gasteiger partial charge in [0.2, 0.25) is 5.78 Å². The Hall–Kier alpha value is -5.31. The maximum Gasteiger partial charge on any atom is 0.312 e. The van der Waals surface area contributed by atoms with Crippen LogP contribution < -0.4 is 10.1 Å². The van der Waals surface area contributed by atoms with Gasteiger partial charge in [0.15, 0.2) is 0 Å². The SMILES string of the molecule is CO[C@H]1/C=C/O[C@@]2(C)Oc3cc(O)c4c(c3C2=O)C2N=C3C=C(C)C=CN3C2=C(NC(=O)/C(C)=C\C=C\[C@H](C)[C@H](O)[C@@H](C)[C@@H](O)[C@@H](C)[C@H](OC(C)=O)[C@@H]1C)C4=O. The molecule has 4 heterocycles. The van der Waals surface area contributed by atoms with Crippen LogP contribution in [0.5, 0.6) is 11.5 Å². The number of hydrogen-bond donors (Lipinski definition) is 4. The molecule has 1 aliphatic carbocycles. The number of aliphatic hydroxyl groups is 2. The number of fused-ring (bicyclic) bond motifs is 5. The Bertz CT molecular complexity index is 2080. The minimum atomic E-state index is -1.96. The van der Waals surface area contributed by atoms with Crippen LogP contribution in [0, 0.1) is 23.7 Å². The number of hydrogen-bond acceptors (Lipinski definition) is 13. The molecule has 6 rings (SSSR count). The predicted molar refractivity (Wildman–Crippen MR) is 204 cm³/mol. The average Bonchev–Trinajstić information content (AvgIpc) is 3.64. The second-order valence-electron chi connectivity index (χ2n) is 15.3. The van der Waals surface area contributed by atoms with Crippen molar-refractivity contribution in [3.05, 3.63) is 94.2 Å². The van der Waals surface area contributed by atoms with Crippen molar-refractivity contribution in [1.29, 1.82) is 0 Å². The molecule has 0 saturated heterocycles. The highest BCUT2D eigenvalue weighted by atomic mass is 16.7. The van der Waals surface area contributed by atoms with Crippen molar-refractivity contribution in [2.45, 2.75) is 91.6 Å². The lowest BCUT2D eigenvalue weighted by Gasteiger charge is -2.38. The quantitative estimate of drug-likeness (QED) is 0.304. The van der Waals surface area contributed by atoms with Gasteiger partial charge in [-0.3, -0.25) is 24.2 Å². The van der Waals surface area contributed by atoms with Crippen molar-refractivity contribution in [3.63, 3.8) is 0 Å². The highest BCUT2D eigenvalue weighted by Crippen LogP contribution is 2.52. The van der Waals surface area contributed by atoms with E-state index in [0.717, 1.165) is 5.57 Å². The maximum atomic E-state index is 14.4. The number of ketones is 2. The van der Waals surface area contributed by atoms with Gasteiger partial charge in [-0.1, -0.05) is 45.9 Å². The van der Waals surface area contributed by atoms with Crippen molar-refractivity contribution < 1.29 is 53.4 Å². The minimum absolute atomic E-state index is 0.000652. The Morgan fingerprint density at radius 2 is 1.73 bits per heavy atom. The molecule has 5 aliphatic rings. The maximum absolute atomic E-state index is 14.4. The summed E-state index contributed by atoms with van der Waals surface area (Å²) in [6.45, 7) is 13.1. The van der Waals surface area contributed by atoms with E-state index in [9.17, 15) is 34.5 Å². The van der Waals surface area contributed by atoms with Crippen LogP contribution in [0.2, 0.25) is 0 Å². The molecule has 1 aromatic carbocycles. The first kappa shape index (κ1) is 40.4. The third kappa shape index (κ3) is 7.01. The number of carbonyl (C=O) groups is 4. The average molecular weight is 772 g/mol. The Balaban J connectivity index is 1.48. The number of aromatic hydroxyl groups is 1. The van der Waals surface area contributed by atoms with Gasteiger partial charge in [-0.2, -0.15) is 0 Å². The normalized spacial score (nSPS) is 35.3. The van der Waals surface area contributed by atoms with Crippen molar-refractivity contribution in [2.75, 3.05) is 7.11 Å². The van der Waals surface area contributed by atoms with Crippen molar-refractivity contribution >= 4 is 29.3 Å². The number of nitrogens with one attached hydrogen (secondary N) is 1. The van der Waals surface area contributed by atoms with E-state index in [4.69, 9.17) is 23.9 Å². The van der Waals surface area contributed by atoms with Crippen LogP contribution in [0.25, 0.3) is 0 Å². The van der Waals surface area contributed by atoms with E-state index >= 15 is 0 Å². The molecular weight excluding hydrogens is 722 g/mol. The number of benzene rings is 1. The fraction of sp³-hybridized carbons (Fsp3) is 0.452. The molecule has 298 valence electrons. The van der Waals surface area contributed by atoms with Gasteiger partial charge in [-0.15, -0.1) is 0 Å². The van der Waals surface area contributed by atoms with Gasteiger partial charge in [0.05, 0.1) is 41.4 Å². The summed E-state index contributed by atoms with van der Waals surface area (Å²) < 4.78 is 23.6. The Kier molecular flexibility index (Phi) is 11.0. The molecule has 14 heteroatoms. The van der Waals surface area contributed by atoms with E-state index in [1.54, 1.807) is 63.9 Å². The molecular formula is C42H49N3O11. The van der Waals surface area contributed by atoms with E-state index in [0.29, 0.717) is 5.84 Å². The molecule has 4 N–H and O–H groups in total. The summed E-state index contributed by atoms with van der Waals surface area (Å²) in [6, 6.07) is 0.177. The molecule has 10 atom stereocenters. The molecule has 1 amide bonds. The zero-order valence-corrected chi connectivity index (χ0v) is 32.9. The van der Waals surface area contributed by atoms with E-state index in [2.05, 4.69) is 5.32 Å². The first-order chi connectivity index (χ1) is 26.4. The summed E-state index contributed by atoms with van der Waals surface area (Å²) >= 11 is 0. The molecule has 14 nitrogen and oxygen atoms in total. The van der Waals surface area contributed by atoms with Crippen molar-refractivity contribution in [1.82, 2.24) is 10.2 Å². The van der Waals surface area contributed by atoms with Crippen LogP contribution in [0.4, 0.5) is 0 Å². The number of aliphatic imine (C=N–C) groups is 1. The number of nitrogens with zero attached hydrogens (tertiary/aromatic N) is 2. The number of phenolic OH excluding ortho intramolecular Hbond substituents is 1. The number of amides is 1. The fourth-order valence-electron chi connectivity index (χ4n) is 8.01. The van der Waals surface area contributed by atoms with Gasteiger partial charge >= 0.3 is 11.8 Å². The lowest BCUT2D eigenvalue weighted by atomic mass is 9.78. The van der Waals surface area contributed by atoms with Gasteiger partial charge in [0, 0.05) is 68.0 Å². The highest BCUT2D eigenvalue weighted by Gasteiger charge is 2.53.